The summed E-state index contributed by atoms with van der Waals surface area (Å²) in [5.74, 6) is 0.0486. The molecule has 0 bridgehead atoms. The molecule has 2 aromatic rings. The number of nitrogens with one attached hydrogen (secondary N) is 1. The monoisotopic (exact) mass is 305 g/mol. The second kappa shape index (κ2) is 7.58. The van der Waals surface area contributed by atoms with E-state index in [0.29, 0.717) is 17.0 Å². The molecule has 0 amide bonds. The van der Waals surface area contributed by atoms with Crippen molar-refractivity contribution >= 4 is 11.6 Å². The second-order valence-corrected chi connectivity index (χ2v) is 5.68. The molecule has 21 heavy (non-hydrogen) atoms. The van der Waals surface area contributed by atoms with Crippen LogP contribution in [0.4, 0.5) is 4.39 Å². The van der Waals surface area contributed by atoms with Gasteiger partial charge in [-0.2, -0.15) is 0 Å². The van der Waals surface area contributed by atoms with Gasteiger partial charge in [0.1, 0.15) is 5.82 Å². The highest BCUT2D eigenvalue weighted by Crippen LogP contribution is 2.26. The normalized spacial score (nSPS) is 13.9. The minimum absolute atomic E-state index is 0.145. The first-order valence-electron chi connectivity index (χ1n) is 7.34. The van der Waals surface area contributed by atoms with E-state index in [9.17, 15) is 4.39 Å². The Morgan fingerprint density at radius 1 is 1.10 bits per heavy atom. The SMILES string of the molecule is CCNC(Cc1c(F)cccc1Cl)C(C)c1ccccc1. The molecule has 2 rings (SSSR count). The molecule has 0 spiro atoms. The Balaban J connectivity index is 2.23. The number of benzene rings is 2. The second-order valence-electron chi connectivity index (χ2n) is 5.27. The Morgan fingerprint density at radius 3 is 2.43 bits per heavy atom. The lowest BCUT2D eigenvalue weighted by molar-refractivity contribution is 0.450. The Labute approximate surface area is 131 Å². The first kappa shape index (κ1) is 16.0. The highest BCUT2D eigenvalue weighted by molar-refractivity contribution is 6.31. The first-order valence-corrected chi connectivity index (χ1v) is 7.72. The Kier molecular flexibility index (Phi) is 5.77. The fourth-order valence-corrected chi connectivity index (χ4v) is 2.86. The fraction of sp³-hybridized carbons (Fsp3) is 0.333. The van der Waals surface area contributed by atoms with Crippen molar-refractivity contribution in [3.63, 3.8) is 0 Å². The van der Waals surface area contributed by atoms with E-state index in [1.165, 1.54) is 11.6 Å². The summed E-state index contributed by atoms with van der Waals surface area (Å²) >= 11 is 6.16. The van der Waals surface area contributed by atoms with Crippen molar-refractivity contribution in [2.45, 2.75) is 32.2 Å². The van der Waals surface area contributed by atoms with Crippen LogP contribution in [0.1, 0.15) is 30.9 Å². The lowest BCUT2D eigenvalue weighted by Crippen LogP contribution is -2.36. The van der Waals surface area contributed by atoms with Crippen molar-refractivity contribution in [1.82, 2.24) is 5.32 Å². The summed E-state index contributed by atoms with van der Waals surface area (Å²) in [7, 11) is 0. The topological polar surface area (TPSA) is 12.0 Å². The molecule has 2 aromatic carbocycles. The van der Waals surface area contributed by atoms with Crippen molar-refractivity contribution in [2.75, 3.05) is 6.54 Å². The molecule has 2 atom stereocenters. The molecule has 0 aliphatic heterocycles. The van der Waals surface area contributed by atoms with Crippen LogP contribution in [0.2, 0.25) is 5.02 Å². The smallest absolute Gasteiger partial charge is 0.127 e. The molecule has 0 aromatic heterocycles. The first-order chi connectivity index (χ1) is 10.1. The van der Waals surface area contributed by atoms with Gasteiger partial charge in [0.15, 0.2) is 0 Å². The average Bonchev–Trinajstić information content (AvgIpc) is 2.50. The Bertz CT molecular complexity index is 550. The number of rotatable bonds is 6. The quantitative estimate of drug-likeness (QED) is 0.808. The molecule has 0 aliphatic carbocycles. The van der Waals surface area contributed by atoms with E-state index >= 15 is 0 Å². The number of hydrogen-bond acceptors (Lipinski definition) is 1. The van der Waals surface area contributed by atoms with Crippen molar-refractivity contribution in [2.24, 2.45) is 0 Å². The molecule has 112 valence electrons. The molecule has 3 heteroatoms. The lowest BCUT2D eigenvalue weighted by atomic mass is 9.89. The largest absolute Gasteiger partial charge is 0.313 e. The summed E-state index contributed by atoms with van der Waals surface area (Å²) in [4.78, 5) is 0. The van der Waals surface area contributed by atoms with E-state index < -0.39 is 0 Å². The molecule has 0 saturated carbocycles. The van der Waals surface area contributed by atoms with Crippen LogP contribution in [0.15, 0.2) is 48.5 Å². The van der Waals surface area contributed by atoms with E-state index in [0.717, 1.165) is 6.54 Å². The highest BCUT2D eigenvalue weighted by Gasteiger charge is 2.21. The van der Waals surface area contributed by atoms with Gasteiger partial charge in [-0.25, -0.2) is 4.39 Å². The van der Waals surface area contributed by atoms with Gasteiger partial charge in [-0.3, -0.25) is 0 Å². The maximum atomic E-state index is 14.0. The van der Waals surface area contributed by atoms with Crippen LogP contribution in [0, 0.1) is 5.82 Å². The van der Waals surface area contributed by atoms with Gasteiger partial charge in [0, 0.05) is 16.6 Å². The third kappa shape index (κ3) is 4.05. The summed E-state index contributed by atoms with van der Waals surface area (Å²) < 4.78 is 14.0. The standard InChI is InChI=1S/C18H21ClFN/c1-3-21-18(13(2)14-8-5-4-6-9-14)12-15-16(19)10-7-11-17(15)20/h4-11,13,18,21H,3,12H2,1-2H3. The third-order valence-corrected chi connectivity index (χ3v) is 4.24. The van der Waals surface area contributed by atoms with E-state index in [2.05, 4.69) is 31.3 Å². The molecule has 2 unspecified atom stereocenters. The number of halogens is 2. The van der Waals surface area contributed by atoms with Crippen LogP contribution in [-0.2, 0) is 6.42 Å². The van der Waals surface area contributed by atoms with E-state index in [1.807, 2.05) is 18.2 Å². The molecular formula is C18H21ClFN. The predicted molar refractivity (Wildman–Crippen MR) is 87.4 cm³/mol. The summed E-state index contributed by atoms with van der Waals surface area (Å²) in [6, 6.07) is 15.3. The zero-order chi connectivity index (χ0) is 15.2. The minimum atomic E-state index is -0.231. The van der Waals surface area contributed by atoms with Crippen LogP contribution in [0.25, 0.3) is 0 Å². The van der Waals surface area contributed by atoms with E-state index in [1.54, 1.807) is 12.1 Å². The lowest BCUT2D eigenvalue weighted by Gasteiger charge is -2.26. The average molecular weight is 306 g/mol. The van der Waals surface area contributed by atoms with Gasteiger partial charge in [0.2, 0.25) is 0 Å². The van der Waals surface area contributed by atoms with E-state index in [-0.39, 0.29) is 17.8 Å². The Hall–Kier alpha value is -1.38. The highest BCUT2D eigenvalue weighted by atomic mass is 35.5. The zero-order valence-electron chi connectivity index (χ0n) is 12.4. The number of likely N-dealkylation sites (N-methyl/N-ethyl adjacent to an activating group) is 1. The van der Waals surface area contributed by atoms with Gasteiger partial charge in [0.05, 0.1) is 0 Å². The van der Waals surface area contributed by atoms with Gasteiger partial charge in [-0.15, -0.1) is 0 Å². The van der Waals surface area contributed by atoms with Crippen LogP contribution in [0.5, 0.6) is 0 Å². The van der Waals surface area contributed by atoms with Crippen molar-refractivity contribution in [3.8, 4) is 0 Å². The molecule has 0 fully saturated rings. The van der Waals surface area contributed by atoms with Crippen LogP contribution < -0.4 is 5.32 Å². The van der Waals surface area contributed by atoms with Gasteiger partial charge < -0.3 is 5.32 Å². The van der Waals surface area contributed by atoms with Crippen LogP contribution in [-0.4, -0.2) is 12.6 Å². The molecule has 1 nitrogen and oxygen atoms in total. The zero-order valence-corrected chi connectivity index (χ0v) is 13.2. The van der Waals surface area contributed by atoms with Gasteiger partial charge in [0.25, 0.3) is 0 Å². The van der Waals surface area contributed by atoms with Crippen molar-refractivity contribution in [3.05, 3.63) is 70.5 Å². The summed E-state index contributed by atoms with van der Waals surface area (Å²) in [6.45, 7) is 5.07. The summed E-state index contributed by atoms with van der Waals surface area (Å²) in [5, 5.41) is 3.96. The molecule has 0 radical (unpaired) electrons. The van der Waals surface area contributed by atoms with Crippen molar-refractivity contribution < 1.29 is 4.39 Å². The van der Waals surface area contributed by atoms with Gasteiger partial charge in [-0.1, -0.05) is 61.8 Å². The Morgan fingerprint density at radius 2 is 1.81 bits per heavy atom. The van der Waals surface area contributed by atoms with Crippen LogP contribution in [0.3, 0.4) is 0 Å². The molecular weight excluding hydrogens is 285 g/mol. The van der Waals surface area contributed by atoms with Gasteiger partial charge in [-0.05, 0) is 36.6 Å². The van der Waals surface area contributed by atoms with E-state index in [4.69, 9.17) is 11.6 Å². The molecule has 0 saturated heterocycles. The molecule has 0 heterocycles. The fourth-order valence-electron chi connectivity index (χ4n) is 2.62. The maximum absolute atomic E-state index is 14.0. The maximum Gasteiger partial charge on any atom is 0.127 e. The third-order valence-electron chi connectivity index (χ3n) is 3.88. The molecule has 1 N–H and O–H groups in total. The van der Waals surface area contributed by atoms with Crippen LogP contribution >= 0.6 is 11.6 Å². The summed E-state index contributed by atoms with van der Waals surface area (Å²) in [5.41, 5.74) is 1.84. The number of hydrogen-bond donors (Lipinski definition) is 1. The summed E-state index contributed by atoms with van der Waals surface area (Å²) in [6.07, 6.45) is 0.579. The minimum Gasteiger partial charge on any atom is -0.313 e. The van der Waals surface area contributed by atoms with Crippen molar-refractivity contribution in [1.29, 1.82) is 0 Å². The molecule has 0 aliphatic rings. The predicted octanol–water partition coefficient (Wildman–Crippen LogP) is 4.80. The van der Waals surface area contributed by atoms with Gasteiger partial charge >= 0.3 is 0 Å².